The van der Waals surface area contributed by atoms with Crippen molar-refractivity contribution in [1.82, 2.24) is 0 Å². The second-order valence-electron chi connectivity index (χ2n) is 3.63. The number of carboxylic acids is 1. The van der Waals surface area contributed by atoms with Gasteiger partial charge in [0.05, 0.1) is 0 Å². The number of halogens is 2. The maximum atomic E-state index is 13.6. The molecule has 0 saturated carbocycles. The van der Waals surface area contributed by atoms with Crippen molar-refractivity contribution in [2.45, 2.75) is 19.4 Å². The summed E-state index contributed by atoms with van der Waals surface area (Å²) in [5.41, 5.74) is 0.0507. The molecule has 0 aromatic heterocycles. The van der Waals surface area contributed by atoms with Crippen LogP contribution in [-0.2, 0) is 4.79 Å². The number of rotatable bonds is 5. The number of hydrogen-bond donors (Lipinski definition) is 1. The molecule has 0 bridgehead atoms. The summed E-state index contributed by atoms with van der Waals surface area (Å²) < 4.78 is 32.1. The molecule has 1 unspecified atom stereocenters. The zero-order chi connectivity index (χ0) is 14.4. The summed E-state index contributed by atoms with van der Waals surface area (Å²) in [7, 11) is 0. The molecule has 0 spiro atoms. The summed E-state index contributed by atoms with van der Waals surface area (Å²) in [5, 5.41) is 17.1. The summed E-state index contributed by atoms with van der Waals surface area (Å²) in [6.07, 6.45) is 1.17. The Bertz CT molecular complexity index is 526. The maximum Gasteiger partial charge on any atom is 0.328 e. The first-order valence-electron chi connectivity index (χ1n) is 5.44. The van der Waals surface area contributed by atoms with Gasteiger partial charge in [0.25, 0.3) is 0 Å². The monoisotopic (exact) mass is 267 g/mol. The van der Waals surface area contributed by atoms with Gasteiger partial charge in [-0.2, -0.15) is 5.26 Å². The van der Waals surface area contributed by atoms with Gasteiger partial charge >= 0.3 is 5.97 Å². The van der Waals surface area contributed by atoms with E-state index in [0.29, 0.717) is 0 Å². The molecule has 1 atom stereocenters. The van der Waals surface area contributed by atoms with Crippen LogP contribution in [-0.4, -0.2) is 17.2 Å². The molecular formula is C13H11F2NO3. The number of nitrogens with zero attached hydrogens (tertiary/aromatic N) is 1. The average molecular weight is 267 g/mol. The minimum absolute atomic E-state index is 0.0507. The first kappa shape index (κ1) is 14.6. The Morgan fingerprint density at radius 2 is 2.11 bits per heavy atom. The minimum Gasteiger partial charge on any atom is -0.478 e. The third-order valence-corrected chi connectivity index (χ3v) is 2.21. The smallest absolute Gasteiger partial charge is 0.328 e. The fraction of sp³-hybridized carbons (Fsp3) is 0.231. The number of hydrogen-bond acceptors (Lipinski definition) is 3. The maximum absolute atomic E-state index is 13.6. The number of ether oxygens (including phenoxy) is 1. The topological polar surface area (TPSA) is 70.3 Å². The molecule has 100 valence electrons. The number of benzene rings is 1. The van der Waals surface area contributed by atoms with Gasteiger partial charge in [-0.25, -0.2) is 13.6 Å². The van der Waals surface area contributed by atoms with Gasteiger partial charge in [0.15, 0.2) is 23.5 Å². The van der Waals surface area contributed by atoms with Gasteiger partial charge in [-0.05, 0) is 30.2 Å². The van der Waals surface area contributed by atoms with Gasteiger partial charge in [-0.1, -0.05) is 6.92 Å². The normalized spacial score (nSPS) is 12.1. The fourth-order valence-corrected chi connectivity index (χ4v) is 1.30. The summed E-state index contributed by atoms with van der Waals surface area (Å²) in [6.45, 7) is 1.65. The van der Waals surface area contributed by atoms with E-state index in [1.165, 1.54) is 0 Å². The highest BCUT2D eigenvalue weighted by Gasteiger charge is 2.16. The fourth-order valence-electron chi connectivity index (χ4n) is 1.30. The lowest BCUT2D eigenvalue weighted by atomic mass is 10.2. The van der Waals surface area contributed by atoms with Gasteiger partial charge in [0.1, 0.15) is 6.07 Å². The van der Waals surface area contributed by atoms with Gasteiger partial charge < -0.3 is 9.84 Å². The average Bonchev–Trinajstić information content (AvgIpc) is 2.36. The van der Waals surface area contributed by atoms with Gasteiger partial charge in [0.2, 0.25) is 0 Å². The molecule has 0 fully saturated rings. The molecule has 0 radical (unpaired) electrons. The number of carbonyl (C=O) groups is 1. The van der Waals surface area contributed by atoms with Crippen LogP contribution in [0.4, 0.5) is 8.78 Å². The van der Waals surface area contributed by atoms with Crippen LogP contribution in [0, 0.1) is 23.0 Å². The van der Waals surface area contributed by atoms with Crippen molar-refractivity contribution in [3.8, 4) is 11.8 Å². The molecule has 0 amide bonds. The molecule has 1 N–H and O–H groups in total. The van der Waals surface area contributed by atoms with Crippen molar-refractivity contribution < 1.29 is 23.4 Å². The van der Waals surface area contributed by atoms with E-state index in [9.17, 15) is 13.6 Å². The second kappa shape index (κ2) is 6.50. The summed E-state index contributed by atoms with van der Waals surface area (Å²) in [5.74, 6) is -3.84. The third-order valence-electron chi connectivity index (χ3n) is 2.21. The summed E-state index contributed by atoms with van der Waals surface area (Å²) in [4.78, 5) is 10.3. The van der Waals surface area contributed by atoms with Crippen LogP contribution in [0.1, 0.15) is 18.9 Å². The van der Waals surface area contributed by atoms with Crippen molar-refractivity contribution in [3.05, 3.63) is 35.4 Å². The lowest BCUT2D eigenvalue weighted by Crippen LogP contribution is -2.14. The van der Waals surface area contributed by atoms with Crippen LogP contribution in [0.15, 0.2) is 18.2 Å². The van der Waals surface area contributed by atoms with Gasteiger partial charge in [-0.3, -0.25) is 0 Å². The summed E-state index contributed by atoms with van der Waals surface area (Å²) >= 11 is 0. The predicted molar refractivity (Wildman–Crippen MR) is 63.3 cm³/mol. The van der Waals surface area contributed by atoms with Crippen LogP contribution in [0.3, 0.4) is 0 Å². The minimum atomic E-state index is -1.23. The van der Waals surface area contributed by atoms with Gasteiger partial charge in [0, 0.05) is 6.08 Å². The standard InChI is InChI=1S/C13H11F2NO3/c1-2-9(7-16)19-13-10(14)5-8(6-11(13)15)3-4-12(17)18/h3-6,9H,2H2,1H3,(H,17,18). The number of carboxylic acid groups (broad SMARTS) is 1. The van der Waals surface area contributed by atoms with Gasteiger partial charge in [-0.15, -0.1) is 0 Å². The zero-order valence-electron chi connectivity index (χ0n) is 10.1. The Hall–Kier alpha value is -2.42. The SMILES string of the molecule is CCC(C#N)Oc1c(F)cc(C=CC(=O)O)cc1F. The molecule has 0 aliphatic rings. The molecular weight excluding hydrogens is 256 g/mol. The molecule has 0 heterocycles. The molecule has 4 nitrogen and oxygen atoms in total. The molecule has 1 rings (SSSR count). The Morgan fingerprint density at radius 3 is 2.53 bits per heavy atom. The highest BCUT2D eigenvalue weighted by molar-refractivity contribution is 5.85. The summed E-state index contributed by atoms with van der Waals surface area (Å²) in [6, 6.07) is 3.63. The second-order valence-corrected chi connectivity index (χ2v) is 3.63. The van der Waals surface area contributed by atoms with E-state index in [0.717, 1.165) is 24.3 Å². The van der Waals surface area contributed by atoms with Crippen molar-refractivity contribution in [2.24, 2.45) is 0 Å². The highest BCUT2D eigenvalue weighted by atomic mass is 19.1. The van der Waals surface area contributed by atoms with Crippen molar-refractivity contribution in [3.63, 3.8) is 0 Å². The van der Waals surface area contributed by atoms with Crippen LogP contribution in [0.25, 0.3) is 6.08 Å². The highest BCUT2D eigenvalue weighted by Crippen LogP contribution is 2.25. The molecule has 1 aromatic rings. The molecule has 0 aliphatic carbocycles. The molecule has 0 aliphatic heterocycles. The van der Waals surface area contributed by atoms with E-state index in [2.05, 4.69) is 0 Å². The van der Waals surface area contributed by atoms with Crippen LogP contribution in [0.5, 0.6) is 5.75 Å². The predicted octanol–water partition coefficient (Wildman–Crippen LogP) is 2.74. The van der Waals surface area contributed by atoms with E-state index < -0.39 is 29.5 Å². The first-order chi connectivity index (χ1) is 8.97. The Balaban J connectivity index is 3.04. The van der Waals surface area contributed by atoms with Crippen LogP contribution in [0.2, 0.25) is 0 Å². The van der Waals surface area contributed by atoms with E-state index in [1.807, 2.05) is 0 Å². The quantitative estimate of drug-likeness (QED) is 0.833. The first-order valence-corrected chi connectivity index (χ1v) is 5.44. The third kappa shape index (κ3) is 4.07. The van der Waals surface area contributed by atoms with Crippen molar-refractivity contribution >= 4 is 12.0 Å². The van der Waals surface area contributed by atoms with E-state index >= 15 is 0 Å². The van der Waals surface area contributed by atoms with Crippen LogP contribution >= 0.6 is 0 Å². The van der Waals surface area contributed by atoms with E-state index in [-0.39, 0.29) is 12.0 Å². The van der Waals surface area contributed by atoms with Crippen molar-refractivity contribution in [1.29, 1.82) is 5.26 Å². The number of aliphatic carboxylic acids is 1. The van der Waals surface area contributed by atoms with Crippen molar-refractivity contribution in [2.75, 3.05) is 0 Å². The molecule has 19 heavy (non-hydrogen) atoms. The van der Waals surface area contributed by atoms with E-state index in [1.54, 1.807) is 13.0 Å². The Kier molecular flexibility index (Phi) is 5.01. The number of nitriles is 1. The lowest BCUT2D eigenvalue weighted by Gasteiger charge is -2.12. The Labute approximate surface area is 108 Å². The molecule has 0 saturated heterocycles. The van der Waals surface area contributed by atoms with Crippen LogP contribution < -0.4 is 4.74 Å². The zero-order valence-corrected chi connectivity index (χ0v) is 10.1. The largest absolute Gasteiger partial charge is 0.478 e. The molecule has 6 heteroatoms. The molecule has 1 aromatic carbocycles. The Morgan fingerprint density at radius 1 is 1.53 bits per heavy atom. The van der Waals surface area contributed by atoms with E-state index in [4.69, 9.17) is 15.1 Å². The lowest BCUT2D eigenvalue weighted by molar-refractivity contribution is -0.131.